The molecule has 0 aliphatic heterocycles. The molecule has 0 unspecified atom stereocenters. The van der Waals surface area contributed by atoms with Gasteiger partial charge in [0.25, 0.3) is 0 Å². The summed E-state index contributed by atoms with van der Waals surface area (Å²) in [5.41, 5.74) is 1.57. The molecular formula is C18H27NO2. The number of hydrogen-bond donors (Lipinski definition) is 2. The molecule has 0 atom stereocenters. The maximum atomic E-state index is 11.1. The maximum Gasteiger partial charge on any atom is 0.337 e. The van der Waals surface area contributed by atoms with E-state index in [0.29, 0.717) is 5.70 Å². The molecular weight excluding hydrogens is 262 g/mol. The number of nitrogens with one attached hydrogen (secondary N) is 1. The molecule has 0 saturated carbocycles. The monoisotopic (exact) mass is 289 g/mol. The Morgan fingerprint density at radius 3 is 2.05 bits per heavy atom. The van der Waals surface area contributed by atoms with Crippen molar-refractivity contribution < 1.29 is 9.90 Å². The molecule has 1 aromatic carbocycles. The fraction of sp³-hybridized carbons (Fsp3) is 0.278. The molecule has 0 radical (unpaired) electrons. The summed E-state index contributed by atoms with van der Waals surface area (Å²) in [6.45, 7) is 13.3. The number of aliphatic carboxylic acids is 1. The van der Waals surface area contributed by atoms with Gasteiger partial charge in [0.05, 0.1) is 11.3 Å². The Bertz CT molecular complexity index is 459. The number of carboxylic acid groups (broad SMARTS) is 1. The summed E-state index contributed by atoms with van der Waals surface area (Å²) in [6, 6.07) is 9.39. The predicted molar refractivity (Wildman–Crippen MR) is 92.4 cm³/mol. The highest BCUT2D eigenvalue weighted by Gasteiger charge is 2.11. The summed E-state index contributed by atoms with van der Waals surface area (Å²) < 4.78 is 0. The van der Waals surface area contributed by atoms with Crippen molar-refractivity contribution in [3.63, 3.8) is 0 Å². The Labute approximate surface area is 128 Å². The molecule has 1 rings (SSSR count). The first-order valence-corrected chi connectivity index (χ1v) is 7.23. The van der Waals surface area contributed by atoms with Crippen LogP contribution in [0.15, 0.2) is 66.4 Å². The van der Waals surface area contributed by atoms with Crippen LogP contribution in [0.3, 0.4) is 0 Å². The van der Waals surface area contributed by atoms with E-state index in [1.54, 1.807) is 25.2 Å². The van der Waals surface area contributed by atoms with E-state index in [0.717, 1.165) is 5.69 Å². The fourth-order valence-corrected chi connectivity index (χ4v) is 1.39. The van der Waals surface area contributed by atoms with Gasteiger partial charge in [-0.3, -0.25) is 0 Å². The third-order valence-electron chi connectivity index (χ3n) is 2.15. The zero-order chi connectivity index (χ0) is 16.7. The molecule has 21 heavy (non-hydrogen) atoms. The van der Waals surface area contributed by atoms with Crippen molar-refractivity contribution >= 4 is 11.7 Å². The highest BCUT2D eigenvalue weighted by molar-refractivity contribution is 5.93. The van der Waals surface area contributed by atoms with Crippen LogP contribution in [-0.4, -0.2) is 11.1 Å². The minimum atomic E-state index is -0.968. The number of carboxylic acids is 1. The average Bonchev–Trinajstić information content (AvgIpc) is 2.53. The Morgan fingerprint density at radius 1 is 1.14 bits per heavy atom. The molecule has 0 aliphatic rings. The zero-order valence-electron chi connectivity index (χ0n) is 13.7. The lowest BCUT2D eigenvalue weighted by atomic mass is 10.1. The van der Waals surface area contributed by atoms with Gasteiger partial charge in [-0.15, -0.1) is 0 Å². The highest BCUT2D eigenvalue weighted by atomic mass is 16.4. The number of benzene rings is 1. The molecule has 3 nitrogen and oxygen atoms in total. The van der Waals surface area contributed by atoms with Crippen LogP contribution in [0.25, 0.3) is 0 Å². The lowest BCUT2D eigenvalue weighted by Crippen LogP contribution is -2.10. The van der Waals surface area contributed by atoms with Gasteiger partial charge in [-0.1, -0.05) is 64.6 Å². The average molecular weight is 289 g/mol. The number of hydrogen-bond acceptors (Lipinski definition) is 2. The molecule has 2 N–H and O–H groups in total. The molecule has 116 valence electrons. The van der Waals surface area contributed by atoms with E-state index in [1.165, 1.54) is 0 Å². The van der Waals surface area contributed by atoms with Gasteiger partial charge in [-0.05, 0) is 25.1 Å². The molecule has 0 amide bonds. The summed E-state index contributed by atoms with van der Waals surface area (Å²) >= 11 is 0. The van der Waals surface area contributed by atoms with E-state index in [1.807, 2.05) is 58.0 Å². The minimum Gasteiger partial charge on any atom is -0.478 e. The molecule has 1 aromatic rings. The molecule has 0 heterocycles. The second-order valence-corrected chi connectivity index (χ2v) is 3.31. The van der Waals surface area contributed by atoms with Crippen molar-refractivity contribution in [2.45, 2.75) is 34.6 Å². The Morgan fingerprint density at radius 2 is 1.67 bits per heavy atom. The summed E-state index contributed by atoms with van der Waals surface area (Å²) in [5.74, 6) is -0.968. The van der Waals surface area contributed by atoms with E-state index in [9.17, 15) is 4.79 Å². The second-order valence-electron chi connectivity index (χ2n) is 3.31. The number of anilines is 1. The van der Waals surface area contributed by atoms with Gasteiger partial charge in [-0.25, -0.2) is 4.79 Å². The van der Waals surface area contributed by atoms with Gasteiger partial charge in [0.1, 0.15) is 0 Å². The largest absolute Gasteiger partial charge is 0.478 e. The van der Waals surface area contributed by atoms with Crippen molar-refractivity contribution in [2.75, 3.05) is 5.32 Å². The van der Waals surface area contributed by atoms with Gasteiger partial charge >= 0.3 is 5.97 Å². The van der Waals surface area contributed by atoms with E-state index in [4.69, 9.17) is 5.11 Å². The normalized spacial score (nSPS) is 10.3. The van der Waals surface area contributed by atoms with Crippen molar-refractivity contribution in [1.29, 1.82) is 0 Å². The Balaban J connectivity index is 0. The molecule has 0 aliphatic carbocycles. The third kappa shape index (κ3) is 8.47. The second kappa shape index (κ2) is 14.1. The van der Waals surface area contributed by atoms with Crippen LogP contribution in [0, 0.1) is 0 Å². The van der Waals surface area contributed by atoms with Crippen LogP contribution < -0.4 is 5.32 Å². The van der Waals surface area contributed by atoms with Crippen LogP contribution >= 0.6 is 0 Å². The van der Waals surface area contributed by atoms with E-state index in [-0.39, 0.29) is 5.57 Å². The minimum absolute atomic E-state index is 0.216. The zero-order valence-corrected chi connectivity index (χ0v) is 13.7. The third-order valence-corrected chi connectivity index (χ3v) is 2.15. The SMILES string of the molecule is C=C/C=C(Nc1ccccc1)\C(=C/C)C(=O)O.CC.CC. The Hall–Kier alpha value is -2.29. The van der Waals surface area contributed by atoms with Gasteiger partial charge in [0.2, 0.25) is 0 Å². The highest BCUT2D eigenvalue weighted by Crippen LogP contribution is 2.15. The van der Waals surface area contributed by atoms with E-state index < -0.39 is 5.97 Å². The van der Waals surface area contributed by atoms with Crippen molar-refractivity contribution in [3.05, 3.63) is 66.4 Å². The fourth-order valence-electron chi connectivity index (χ4n) is 1.39. The lowest BCUT2D eigenvalue weighted by molar-refractivity contribution is -0.132. The van der Waals surface area contributed by atoms with Gasteiger partial charge < -0.3 is 10.4 Å². The summed E-state index contributed by atoms with van der Waals surface area (Å²) in [5, 5.41) is 12.1. The number of para-hydroxylation sites is 1. The molecule has 0 aromatic heterocycles. The van der Waals surface area contributed by atoms with Gasteiger partial charge in [0.15, 0.2) is 0 Å². The topological polar surface area (TPSA) is 49.3 Å². The molecule has 0 spiro atoms. The van der Waals surface area contributed by atoms with Crippen molar-refractivity contribution in [1.82, 2.24) is 0 Å². The van der Waals surface area contributed by atoms with E-state index >= 15 is 0 Å². The molecule has 0 saturated heterocycles. The van der Waals surface area contributed by atoms with E-state index in [2.05, 4.69) is 11.9 Å². The van der Waals surface area contributed by atoms with Crippen LogP contribution in [0.5, 0.6) is 0 Å². The maximum absolute atomic E-state index is 11.1. The number of allylic oxidation sites excluding steroid dienone is 3. The van der Waals surface area contributed by atoms with Gasteiger partial charge in [0, 0.05) is 5.69 Å². The molecule has 3 heteroatoms. The molecule has 0 bridgehead atoms. The van der Waals surface area contributed by atoms with Crippen LogP contribution in [-0.2, 0) is 4.79 Å². The summed E-state index contributed by atoms with van der Waals surface area (Å²) in [4.78, 5) is 11.1. The molecule has 0 fully saturated rings. The quantitative estimate of drug-likeness (QED) is 0.575. The van der Waals surface area contributed by atoms with Crippen LogP contribution in [0.4, 0.5) is 5.69 Å². The first kappa shape index (κ1) is 21.0. The standard InChI is InChI=1S/C14H15NO2.2C2H6/c1-3-8-13(12(4-2)14(16)17)15-11-9-6-5-7-10-11;2*1-2/h3-10,15H,1H2,2H3,(H,16,17);2*1-2H3/b12-4+,13-8+;;. The predicted octanol–water partition coefficient (Wildman–Crippen LogP) is 5.25. The number of rotatable bonds is 5. The van der Waals surface area contributed by atoms with Gasteiger partial charge in [-0.2, -0.15) is 0 Å². The van der Waals surface area contributed by atoms with Crippen molar-refractivity contribution in [3.8, 4) is 0 Å². The lowest BCUT2D eigenvalue weighted by Gasteiger charge is -2.11. The summed E-state index contributed by atoms with van der Waals surface area (Å²) in [6.07, 6.45) is 4.74. The Kier molecular flexibility index (Phi) is 14.1. The van der Waals surface area contributed by atoms with Crippen LogP contribution in [0.1, 0.15) is 34.6 Å². The van der Waals surface area contributed by atoms with Crippen molar-refractivity contribution in [2.24, 2.45) is 0 Å². The smallest absolute Gasteiger partial charge is 0.337 e. The first-order chi connectivity index (χ1) is 10.2. The number of carbonyl (C=O) groups is 1. The first-order valence-electron chi connectivity index (χ1n) is 7.23. The van der Waals surface area contributed by atoms with Crippen LogP contribution in [0.2, 0.25) is 0 Å². The summed E-state index contributed by atoms with van der Waals surface area (Å²) in [7, 11) is 0.